The van der Waals surface area contributed by atoms with Crippen LogP contribution in [0.15, 0.2) is 60.7 Å². The number of aryl methyl sites for hydroxylation is 1. The van der Waals surface area contributed by atoms with Crippen LogP contribution in [0, 0.1) is 11.7 Å². The maximum absolute atomic E-state index is 14.3. The standard InChI is InChI=1S/C26H26FNO3.C3H6/c1-16(26(29)30)13-17-3-4-20-9-12-24(28-25(20)14-17)19-7-5-18(6-8-19)22-15-21(31-2)10-11-23(22)27;1-2-3-1/h3-8,10-11,14-16,24,28H,9,12-13H2,1-2H3,(H,29,30);1-3H2. The Hall–Kier alpha value is -3.34. The highest BCUT2D eigenvalue weighted by molar-refractivity contribution is 5.70. The number of carboxylic acid groups (broad SMARTS) is 1. The molecule has 1 aliphatic heterocycles. The summed E-state index contributed by atoms with van der Waals surface area (Å²) < 4.78 is 19.5. The van der Waals surface area contributed by atoms with E-state index in [2.05, 4.69) is 17.4 Å². The number of methoxy groups -OCH3 is 1. The number of hydrogen-bond donors (Lipinski definition) is 2. The monoisotopic (exact) mass is 461 g/mol. The van der Waals surface area contributed by atoms with Crippen LogP contribution < -0.4 is 10.1 Å². The molecule has 3 aromatic rings. The molecule has 0 aromatic heterocycles. The summed E-state index contributed by atoms with van der Waals surface area (Å²) in [5.41, 5.74) is 5.80. The Morgan fingerprint density at radius 3 is 2.47 bits per heavy atom. The van der Waals surface area contributed by atoms with E-state index in [1.165, 1.54) is 30.9 Å². The highest BCUT2D eigenvalue weighted by atomic mass is 19.1. The van der Waals surface area contributed by atoms with Crippen molar-refractivity contribution in [3.63, 3.8) is 0 Å². The largest absolute Gasteiger partial charge is 0.497 e. The van der Waals surface area contributed by atoms with Gasteiger partial charge in [0, 0.05) is 11.3 Å². The van der Waals surface area contributed by atoms with E-state index in [1.54, 1.807) is 26.2 Å². The number of rotatable bonds is 6. The first kappa shape index (κ1) is 23.8. The molecule has 5 heteroatoms. The number of anilines is 1. The number of halogens is 1. The first-order chi connectivity index (χ1) is 16.4. The molecule has 2 unspecified atom stereocenters. The molecular formula is C29H32FNO3. The van der Waals surface area contributed by atoms with Gasteiger partial charge in [-0.05, 0) is 65.8 Å². The number of benzene rings is 3. The van der Waals surface area contributed by atoms with Crippen molar-refractivity contribution in [3.05, 3.63) is 83.2 Å². The van der Waals surface area contributed by atoms with Crippen molar-refractivity contribution in [1.82, 2.24) is 0 Å². The van der Waals surface area contributed by atoms with Gasteiger partial charge in [-0.3, -0.25) is 4.79 Å². The van der Waals surface area contributed by atoms with Crippen LogP contribution >= 0.6 is 0 Å². The molecule has 4 nitrogen and oxygen atoms in total. The second-order valence-corrected chi connectivity index (χ2v) is 9.20. The van der Waals surface area contributed by atoms with Crippen molar-refractivity contribution in [2.75, 3.05) is 12.4 Å². The number of fused-ring (bicyclic) bond motifs is 1. The van der Waals surface area contributed by atoms with Crippen LogP contribution in [0.5, 0.6) is 5.75 Å². The number of ether oxygens (including phenoxy) is 1. The molecule has 1 fully saturated rings. The Bertz CT molecular complexity index is 1140. The van der Waals surface area contributed by atoms with Gasteiger partial charge in [0.05, 0.1) is 19.1 Å². The number of nitrogens with one attached hydrogen (secondary N) is 1. The summed E-state index contributed by atoms with van der Waals surface area (Å²) in [6, 6.07) is 19.0. The second-order valence-electron chi connectivity index (χ2n) is 9.20. The van der Waals surface area contributed by atoms with Crippen LogP contribution in [0.3, 0.4) is 0 Å². The Labute approximate surface area is 200 Å². The third-order valence-electron chi connectivity index (χ3n) is 6.32. The Morgan fingerprint density at radius 2 is 1.82 bits per heavy atom. The van der Waals surface area contributed by atoms with Gasteiger partial charge in [0.2, 0.25) is 0 Å². The molecule has 0 radical (unpaired) electrons. The summed E-state index contributed by atoms with van der Waals surface area (Å²) >= 11 is 0. The predicted molar refractivity (Wildman–Crippen MR) is 134 cm³/mol. The number of carboxylic acids is 1. The van der Waals surface area contributed by atoms with Crippen molar-refractivity contribution >= 4 is 11.7 Å². The molecule has 2 N–H and O–H groups in total. The lowest BCUT2D eigenvalue weighted by Gasteiger charge is -2.28. The van der Waals surface area contributed by atoms with Gasteiger partial charge in [0.25, 0.3) is 0 Å². The minimum Gasteiger partial charge on any atom is -0.497 e. The van der Waals surface area contributed by atoms with Gasteiger partial charge in [0.15, 0.2) is 0 Å². The van der Waals surface area contributed by atoms with Crippen molar-refractivity contribution < 1.29 is 19.0 Å². The van der Waals surface area contributed by atoms with Crippen LogP contribution in [-0.2, 0) is 17.6 Å². The molecule has 0 amide bonds. The summed E-state index contributed by atoms with van der Waals surface area (Å²) in [4.78, 5) is 11.2. The fourth-order valence-corrected chi connectivity index (χ4v) is 4.10. The summed E-state index contributed by atoms with van der Waals surface area (Å²) in [5, 5.41) is 12.8. The molecule has 1 saturated carbocycles. The molecule has 2 atom stereocenters. The first-order valence-electron chi connectivity index (χ1n) is 12.0. The average molecular weight is 462 g/mol. The zero-order chi connectivity index (χ0) is 24.1. The molecule has 1 heterocycles. The molecule has 0 spiro atoms. The van der Waals surface area contributed by atoms with Gasteiger partial charge < -0.3 is 15.2 Å². The zero-order valence-electron chi connectivity index (χ0n) is 19.8. The lowest BCUT2D eigenvalue weighted by Crippen LogP contribution is -2.18. The van der Waals surface area contributed by atoms with E-state index in [1.807, 2.05) is 30.3 Å². The fraction of sp³-hybridized carbons (Fsp3) is 0.345. The number of carbonyl (C=O) groups is 1. The summed E-state index contributed by atoms with van der Waals surface area (Å²) in [6.07, 6.45) is 6.93. The quantitative estimate of drug-likeness (QED) is 0.414. The molecule has 3 aromatic carbocycles. The summed E-state index contributed by atoms with van der Waals surface area (Å²) in [5.74, 6) is -0.849. The van der Waals surface area contributed by atoms with E-state index >= 15 is 0 Å². The third kappa shape index (κ3) is 5.96. The fourth-order valence-electron chi connectivity index (χ4n) is 4.10. The number of aliphatic carboxylic acids is 1. The number of hydrogen-bond acceptors (Lipinski definition) is 3. The Morgan fingerprint density at radius 1 is 1.09 bits per heavy atom. The Kier molecular flexibility index (Phi) is 7.51. The van der Waals surface area contributed by atoms with E-state index in [-0.39, 0.29) is 11.9 Å². The van der Waals surface area contributed by atoms with Crippen molar-refractivity contribution in [3.8, 4) is 16.9 Å². The predicted octanol–water partition coefficient (Wildman–Crippen LogP) is 7.03. The summed E-state index contributed by atoms with van der Waals surface area (Å²) in [6.45, 7) is 1.73. The molecule has 1 aliphatic carbocycles. The molecule has 0 bridgehead atoms. The highest BCUT2D eigenvalue weighted by Gasteiger charge is 2.21. The van der Waals surface area contributed by atoms with Crippen LogP contribution in [-0.4, -0.2) is 18.2 Å². The van der Waals surface area contributed by atoms with Crippen molar-refractivity contribution in [2.45, 2.75) is 51.5 Å². The SMILES string of the molecule is C1CC1.COc1ccc(F)c(-c2ccc(C3CCc4ccc(CC(C)C(=O)O)cc4N3)cc2)c1. The van der Waals surface area contributed by atoms with Gasteiger partial charge in [0.1, 0.15) is 11.6 Å². The van der Waals surface area contributed by atoms with E-state index in [4.69, 9.17) is 4.74 Å². The van der Waals surface area contributed by atoms with Gasteiger partial charge in [-0.1, -0.05) is 62.6 Å². The van der Waals surface area contributed by atoms with E-state index in [0.29, 0.717) is 17.7 Å². The molecule has 178 valence electrons. The third-order valence-corrected chi connectivity index (χ3v) is 6.32. The minimum atomic E-state index is -0.781. The first-order valence-corrected chi connectivity index (χ1v) is 12.0. The van der Waals surface area contributed by atoms with Gasteiger partial charge in [-0.2, -0.15) is 0 Å². The lowest BCUT2D eigenvalue weighted by atomic mass is 9.90. The molecule has 5 rings (SSSR count). The van der Waals surface area contributed by atoms with E-state index in [0.717, 1.165) is 35.2 Å². The van der Waals surface area contributed by atoms with E-state index in [9.17, 15) is 14.3 Å². The zero-order valence-corrected chi connectivity index (χ0v) is 19.8. The maximum Gasteiger partial charge on any atom is 0.306 e. The average Bonchev–Trinajstić information content (AvgIpc) is 3.74. The van der Waals surface area contributed by atoms with Crippen LogP contribution in [0.25, 0.3) is 11.1 Å². The molecular weight excluding hydrogens is 429 g/mol. The van der Waals surface area contributed by atoms with E-state index < -0.39 is 11.9 Å². The normalized spacial score (nSPS) is 16.9. The van der Waals surface area contributed by atoms with Crippen molar-refractivity contribution in [2.24, 2.45) is 5.92 Å². The van der Waals surface area contributed by atoms with Crippen LogP contribution in [0.4, 0.5) is 10.1 Å². The van der Waals surface area contributed by atoms with Crippen molar-refractivity contribution in [1.29, 1.82) is 0 Å². The summed E-state index contributed by atoms with van der Waals surface area (Å²) in [7, 11) is 1.57. The van der Waals surface area contributed by atoms with Gasteiger partial charge in [-0.25, -0.2) is 4.39 Å². The molecule has 0 saturated heterocycles. The van der Waals surface area contributed by atoms with Gasteiger partial charge in [-0.15, -0.1) is 0 Å². The molecule has 2 aliphatic rings. The van der Waals surface area contributed by atoms with Crippen LogP contribution in [0.2, 0.25) is 0 Å². The topological polar surface area (TPSA) is 58.6 Å². The second kappa shape index (κ2) is 10.7. The smallest absolute Gasteiger partial charge is 0.306 e. The maximum atomic E-state index is 14.3. The van der Waals surface area contributed by atoms with Gasteiger partial charge >= 0.3 is 5.97 Å². The Balaban J connectivity index is 0.000000846. The lowest BCUT2D eigenvalue weighted by molar-refractivity contribution is -0.141. The molecule has 34 heavy (non-hydrogen) atoms. The van der Waals surface area contributed by atoms with Crippen LogP contribution in [0.1, 0.15) is 55.3 Å². The minimum absolute atomic E-state index is 0.156. The highest BCUT2D eigenvalue weighted by Crippen LogP contribution is 2.35.